The highest BCUT2D eigenvalue weighted by atomic mass is 35.5. The lowest BCUT2D eigenvalue weighted by Crippen LogP contribution is -2.39. The van der Waals surface area contributed by atoms with Gasteiger partial charge in [0.2, 0.25) is 11.8 Å². The third kappa shape index (κ3) is 6.71. The summed E-state index contributed by atoms with van der Waals surface area (Å²) >= 11 is 11.9. The van der Waals surface area contributed by atoms with Crippen molar-refractivity contribution >= 4 is 40.7 Å². The molecule has 0 fully saturated rings. The van der Waals surface area contributed by atoms with Crippen molar-refractivity contribution in [3.8, 4) is 5.75 Å². The summed E-state index contributed by atoms with van der Waals surface area (Å²) in [6, 6.07) is 10.8. The number of carbonyl (C=O) groups is 2. The van der Waals surface area contributed by atoms with Gasteiger partial charge < -0.3 is 15.4 Å². The van der Waals surface area contributed by atoms with E-state index in [1.165, 1.54) is 7.11 Å². The molecule has 2 amide bonds. The highest BCUT2D eigenvalue weighted by Gasteiger charge is 2.12. The molecule has 0 heterocycles. The zero-order valence-electron chi connectivity index (χ0n) is 16.0. The van der Waals surface area contributed by atoms with Crippen molar-refractivity contribution < 1.29 is 14.3 Å². The Morgan fingerprint density at radius 1 is 1.07 bits per heavy atom. The molecule has 28 heavy (non-hydrogen) atoms. The van der Waals surface area contributed by atoms with Crippen LogP contribution >= 0.6 is 23.2 Å². The van der Waals surface area contributed by atoms with Crippen LogP contribution in [0.15, 0.2) is 36.4 Å². The molecule has 2 rings (SSSR count). The number of amides is 2. The van der Waals surface area contributed by atoms with Crippen LogP contribution in [0.4, 0.5) is 5.69 Å². The number of carbonyl (C=O) groups excluding carboxylic acids is 2. The molecule has 0 aromatic heterocycles. The van der Waals surface area contributed by atoms with Crippen LogP contribution in [-0.4, -0.2) is 44.0 Å². The SMILES string of the molecule is COc1ccc(C)cc1NC(=O)CNC(=O)CN(C)Cc1ccc(Cl)c(Cl)c1. The van der Waals surface area contributed by atoms with Gasteiger partial charge in [-0.15, -0.1) is 0 Å². The van der Waals surface area contributed by atoms with Gasteiger partial charge in [-0.25, -0.2) is 0 Å². The van der Waals surface area contributed by atoms with Crippen LogP contribution in [0.25, 0.3) is 0 Å². The van der Waals surface area contributed by atoms with Crippen LogP contribution in [0.2, 0.25) is 10.0 Å². The summed E-state index contributed by atoms with van der Waals surface area (Å²) in [6.45, 7) is 2.45. The highest BCUT2D eigenvalue weighted by Crippen LogP contribution is 2.25. The number of rotatable bonds is 8. The topological polar surface area (TPSA) is 70.7 Å². The van der Waals surface area contributed by atoms with E-state index in [1.54, 1.807) is 25.2 Å². The number of aryl methyl sites for hydroxylation is 1. The second-order valence-corrected chi connectivity index (χ2v) is 7.26. The summed E-state index contributed by atoms with van der Waals surface area (Å²) in [4.78, 5) is 26.0. The maximum Gasteiger partial charge on any atom is 0.243 e. The molecule has 0 atom stereocenters. The fourth-order valence-corrected chi connectivity index (χ4v) is 2.92. The van der Waals surface area contributed by atoms with E-state index in [0.29, 0.717) is 28.0 Å². The smallest absolute Gasteiger partial charge is 0.243 e. The predicted molar refractivity (Wildman–Crippen MR) is 112 cm³/mol. The molecule has 0 spiro atoms. The molecule has 2 aromatic rings. The first kappa shape index (κ1) is 22.0. The molecule has 0 saturated heterocycles. The van der Waals surface area contributed by atoms with E-state index in [2.05, 4.69) is 10.6 Å². The largest absolute Gasteiger partial charge is 0.495 e. The zero-order valence-corrected chi connectivity index (χ0v) is 17.5. The molecule has 0 unspecified atom stereocenters. The quantitative estimate of drug-likeness (QED) is 0.681. The summed E-state index contributed by atoms with van der Waals surface area (Å²) in [5.41, 5.74) is 2.50. The first-order chi connectivity index (χ1) is 13.3. The molecule has 0 saturated carbocycles. The first-order valence-corrected chi connectivity index (χ1v) is 9.37. The average molecular weight is 424 g/mol. The van der Waals surface area contributed by atoms with Gasteiger partial charge in [0.1, 0.15) is 5.75 Å². The van der Waals surface area contributed by atoms with Gasteiger partial charge in [0.05, 0.1) is 35.9 Å². The number of nitrogens with one attached hydrogen (secondary N) is 2. The molecule has 150 valence electrons. The summed E-state index contributed by atoms with van der Waals surface area (Å²) in [6.07, 6.45) is 0. The number of halogens is 2. The standard InChI is InChI=1S/C20H23Cl2N3O3/c1-13-4-7-18(28-3)17(8-13)24-19(26)10-23-20(27)12-25(2)11-14-5-6-15(21)16(22)9-14/h4-9H,10-12H2,1-3H3,(H,23,27)(H,24,26). The Hall–Kier alpha value is -2.28. The van der Waals surface area contributed by atoms with Crippen molar-refractivity contribution in [1.29, 1.82) is 0 Å². The second-order valence-electron chi connectivity index (χ2n) is 6.45. The lowest BCUT2D eigenvalue weighted by Gasteiger charge is -2.17. The van der Waals surface area contributed by atoms with Crippen LogP contribution in [0.1, 0.15) is 11.1 Å². The van der Waals surface area contributed by atoms with E-state index < -0.39 is 0 Å². The second kappa shape index (κ2) is 10.3. The monoisotopic (exact) mass is 423 g/mol. The Morgan fingerprint density at radius 2 is 1.82 bits per heavy atom. The first-order valence-electron chi connectivity index (χ1n) is 8.62. The van der Waals surface area contributed by atoms with Gasteiger partial charge in [-0.05, 0) is 49.4 Å². The fraction of sp³-hybridized carbons (Fsp3) is 0.300. The van der Waals surface area contributed by atoms with Crippen molar-refractivity contribution in [3.63, 3.8) is 0 Å². The van der Waals surface area contributed by atoms with Crippen molar-refractivity contribution in [2.45, 2.75) is 13.5 Å². The maximum atomic E-state index is 12.1. The van der Waals surface area contributed by atoms with Gasteiger partial charge in [0.15, 0.2) is 0 Å². The number of likely N-dealkylation sites (N-methyl/N-ethyl adjacent to an activating group) is 1. The molecule has 0 radical (unpaired) electrons. The number of nitrogens with zero attached hydrogens (tertiary/aromatic N) is 1. The Labute approximate surface area is 174 Å². The normalized spacial score (nSPS) is 10.6. The summed E-state index contributed by atoms with van der Waals surface area (Å²) in [7, 11) is 3.34. The number of ether oxygens (including phenoxy) is 1. The van der Waals surface area contributed by atoms with Crippen molar-refractivity contribution in [2.75, 3.05) is 32.6 Å². The number of hydrogen-bond donors (Lipinski definition) is 2. The maximum absolute atomic E-state index is 12.1. The van der Waals surface area contributed by atoms with E-state index in [1.807, 2.05) is 30.0 Å². The number of methoxy groups -OCH3 is 1. The van der Waals surface area contributed by atoms with E-state index in [0.717, 1.165) is 11.1 Å². The molecular formula is C20H23Cl2N3O3. The molecule has 2 aromatic carbocycles. The summed E-state index contributed by atoms with van der Waals surface area (Å²) in [5.74, 6) is -0.0232. The van der Waals surface area contributed by atoms with Gasteiger partial charge in [0, 0.05) is 6.54 Å². The third-order valence-corrected chi connectivity index (χ3v) is 4.66. The molecule has 6 nitrogen and oxygen atoms in total. The van der Waals surface area contributed by atoms with Crippen molar-refractivity contribution in [3.05, 3.63) is 57.6 Å². The van der Waals surface area contributed by atoms with Gasteiger partial charge in [-0.1, -0.05) is 35.3 Å². The number of benzene rings is 2. The minimum absolute atomic E-state index is 0.128. The van der Waals surface area contributed by atoms with Crippen molar-refractivity contribution in [1.82, 2.24) is 10.2 Å². The minimum Gasteiger partial charge on any atom is -0.495 e. The van der Waals surface area contributed by atoms with E-state index >= 15 is 0 Å². The van der Waals surface area contributed by atoms with E-state index in [-0.39, 0.29) is 24.9 Å². The molecule has 8 heteroatoms. The average Bonchev–Trinajstić information content (AvgIpc) is 2.63. The minimum atomic E-state index is -0.329. The Morgan fingerprint density at radius 3 is 2.50 bits per heavy atom. The van der Waals surface area contributed by atoms with E-state index in [9.17, 15) is 9.59 Å². The number of anilines is 1. The predicted octanol–water partition coefficient (Wildman–Crippen LogP) is 3.50. The third-order valence-electron chi connectivity index (χ3n) is 3.93. The number of hydrogen-bond acceptors (Lipinski definition) is 4. The van der Waals surface area contributed by atoms with Gasteiger partial charge in [-0.3, -0.25) is 14.5 Å². The van der Waals surface area contributed by atoms with Gasteiger partial charge in [0.25, 0.3) is 0 Å². The molecular weight excluding hydrogens is 401 g/mol. The molecule has 0 aliphatic rings. The Bertz CT molecular complexity index is 859. The molecule has 2 N–H and O–H groups in total. The molecule has 0 aliphatic carbocycles. The van der Waals surface area contributed by atoms with E-state index in [4.69, 9.17) is 27.9 Å². The highest BCUT2D eigenvalue weighted by molar-refractivity contribution is 6.42. The molecule has 0 aliphatic heterocycles. The van der Waals surface area contributed by atoms with Crippen molar-refractivity contribution in [2.24, 2.45) is 0 Å². The van der Waals surface area contributed by atoms with Crippen LogP contribution in [0, 0.1) is 6.92 Å². The summed E-state index contributed by atoms with van der Waals surface area (Å²) in [5, 5.41) is 6.31. The lowest BCUT2D eigenvalue weighted by atomic mass is 10.2. The fourth-order valence-electron chi connectivity index (χ4n) is 2.60. The van der Waals surface area contributed by atoms with Crippen LogP contribution in [0.3, 0.4) is 0 Å². The zero-order chi connectivity index (χ0) is 20.7. The van der Waals surface area contributed by atoms with Crippen LogP contribution in [-0.2, 0) is 16.1 Å². The van der Waals surface area contributed by atoms with Gasteiger partial charge >= 0.3 is 0 Å². The van der Waals surface area contributed by atoms with Crippen LogP contribution < -0.4 is 15.4 Å². The van der Waals surface area contributed by atoms with Crippen LogP contribution in [0.5, 0.6) is 5.75 Å². The lowest BCUT2D eigenvalue weighted by molar-refractivity contribution is -0.124. The van der Waals surface area contributed by atoms with Gasteiger partial charge in [-0.2, -0.15) is 0 Å². The Balaban J connectivity index is 1.80. The Kier molecular flexibility index (Phi) is 8.11. The summed E-state index contributed by atoms with van der Waals surface area (Å²) < 4.78 is 5.23. The molecule has 0 bridgehead atoms.